The molecule has 2 aliphatic heterocycles. The van der Waals surface area contributed by atoms with Crippen LogP contribution in [0.1, 0.15) is 42.3 Å². The number of fused-ring (bicyclic) bond motifs is 1. The topological polar surface area (TPSA) is 60.1 Å². The second kappa shape index (κ2) is 7.33. The van der Waals surface area contributed by atoms with Crippen molar-refractivity contribution in [2.24, 2.45) is 0 Å². The molecule has 0 spiro atoms. The van der Waals surface area contributed by atoms with Crippen LogP contribution in [0.3, 0.4) is 0 Å². The standard InChI is InChI=1S/C20H22F2N4O2/c1-13-5-7-14(8-6-13)11-25-20(28)26-16(3-2-4-17(26)23-25)19(27)24-10-9-15(12-24)18(21)22/h5-8,16H,2-4,9-12H2,1H3. The van der Waals surface area contributed by atoms with Gasteiger partial charge in [0.25, 0.3) is 6.08 Å². The Bertz CT molecular complexity index is 987. The average molecular weight is 388 g/mol. The maximum Gasteiger partial charge on any atom is 0.346 e. The highest BCUT2D eigenvalue weighted by Gasteiger charge is 2.35. The molecule has 2 aliphatic rings. The van der Waals surface area contributed by atoms with Gasteiger partial charge >= 0.3 is 5.69 Å². The quantitative estimate of drug-likeness (QED) is 0.812. The Labute approximate surface area is 161 Å². The molecule has 3 heterocycles. The molecule has 6 nitrogen and oxygen atoms in total. The van der Waals surface area contributed by atoms with Crippen molar-refractivity contribution >= 4 is 5.91 Å². The molecule has 0 N–H and O–H groups in total. The lowest BCUT2D eigenvalue weighted by atomic mass is 10.0. The van der Waals surface area contributed by atoms with Gasteiger partial charge in [-0.05, 0) is 31.7 Å². The van der Waals surface area contributed by atoms with Gasteiger partial charge in [0.1, 0.15) is 11.9 Å². The van der Waals surface area contributed by atoms with E-state index in [0.717, 1.165) is 17.5 Å². The smallest absolute Gasteiger partial charge is 0.336 e. The summed E-state index contributed by atoms with van der Waals surface area (Å²) < 4.78 is 28.5. The van der Waals surface area contributed by atoms with Gasteiger partial charge in [0.2, 0.25) is 5.91 Å². The minimum absolute atomic E-state index is 0.00629. The number of nitrogens with zero attached hydrogens (tertiary/aromatic N) is 4. The third-order valence-corrected chi connectivity index (χ3v) is 5.51. The molecule has 1 fully saturated rings. The molecule has 8 heteroatoms. The molecule has 1 atom stereocenters. The molecular weight excluding hydrogens is 366 g/mol. The monoisotopic (exact) mass is 388 g/mol. The highest BCUT2D eigenvalue weighted by molar-refractivity contribution is 5.81. The lowest BCUT2D eigenvalue weighted by Gasteiger charge is -2.26. The Morgan fingerprint density at radius 1 is 1.21 bits per heavy atom. The van der Waals surface area contributed by atoms with Gasteiger partial charge in [0.15, 0.2) is 0 Å². The molecule has 0 radical (unpaired) electrons. The van der Waals surface area contributed by atoms with Crippen LogP contribution in [0.15, 0.2) is 40.7 Å². The van der Waals surface area contributed by atoms with E-state index in [2.05, 4.69) is 5.10 Å². The number of benzene rings is 1. The lowest BCUT2D eigenvalue weighted by molar-refractivity contribution is -0.134. The summed E-state index contributed by atoms with van der Waals surface area (Å²) in [5.74, 6) is 0.322. The van der Waals surface area contributed by atoms with E-state index in [1.54, 1.807) is 0 Å². The van der Waals surface area contributed by atoms with E-state index in [1.165, 1.54) is 14.1 Å². The van der Waals surface area contributed by atoms with Crippen molar-refractivity contribution in [3.8, 4) is 0 Å². The van der Waals surface area contributed by atoms with Gasteiger partial charge in [0, 0.05) is 25.1 Å². The highest BCUT2D eigenvalue weighted by atomic mass is 19.3. The first kappa shape index (κ1) is 18.6. The molecule has 1 saturated heterocycles. The Kier molecular flexibility index (Phi) is 4.87. The SMILES string of the molecule is Cc1ccc(Cn2nc3n(c2=O)C(C(=O)N2CCC(=C(F)F)C2)CCC3)cc1. The molecule has 1 unspecified atom stereocenters. The number of likely N-dealkylation sites (tertiary alicyclic amines) is 1. The van der Waals surface area contributed by atoms with Crippen LogP contribution in [-0.4, -0.2) is 38.2 Å². The molecule has 0 aliphatic carbocycles. The van der Waals surface area contributed by atoms with E-state index >= 15 is 0 Å². The van der Waals surface area contributed by atoms with E-state index in [9.17, 15) is 18.4 Å². The van der Waals surface area contributed by atoms with Crippen LogP contribution in [0.4, 0.5) is 8.78 Å². The fourth-order valence-corrected chi connectivity index (χ4v) is 3.95. The zero-order valence-corrected chi connectivity index (χ0v) is 15.7. The largest absolute Gasteiger partial charge is 0.346 e. The van der Waals surface area contributed by atoms with Crippen molar-refractivity contribution in [2.45, 2.75) is 45.2 Å². The predicted octanol–water partition coefficient (Wildman–Crippen LogP) is 2.66. The van der Waals surface area contributed by atoms with Gasteiger partial charge < -0.3 is 4.90 Å². The number of aryl methyl sites for hydroxylation is 2. The van der Waals surface area contributed by atoms with Gasteiger partial charge in [-0.25, -0.2) is 9.48 Å². The zero-order valence-electron chi connectivity index (χ0n) is 15.7. The molecule has 0 bridgehead atoms. The van der Waals surface area contributed by atoms with E-state index in [-0.39, 0.29) is 36.7 Å². The predicted molar refractivity (Wildman–Crippen MR) is 99.2 cm³/mol. The summed E-state index contributed by atoms with van der Waals surface area (Å²) in [5.41, 5.74) is 1.78. The number of carbonyl (C=O) groups excluding carboxylic acids is 1. The van der Waals surface area contributed by atoms with Crippen molar-refractivity contribution in [1.29, 1.82) is 0 Å². The first-order valence-corrected chi connectivity index (χ1v) is 9.49. The normalized spacial score (nSPS) is 19.0. The number of carbonyl (C=O) groups is 1. The van der Waals surface area contributed by atoms with Crippen LogP contribution in [0, 0.1) is 6.92 Å². The molecule has 2 aromatic rings. The van der Waals surface area contributed by atoms with E-state index in [1.807, 2.05) is 31.2 Å². The fourth-order valence-electron chi connectivity index (χ4n) is 3.95. The number of aromatic nitrogens is 3. The molecular formula is C20H22F2N4O2. The van der Waals surface area contributed by atoms with Crippen LogP contribution in [-0.2, 0) is 17.8 Å². The Hall–Kier alpha value is -2.77. The molecule has 148 valence electrons. The van der Waals surface area contributed by atoms with Gasteiger partial charge in [-0.2, -0.15) is 13.9 Å². The van der Waals surface area contributed by atoms with E-state index in [0.29, 0.717) is 25.2 Å². The summed E-state index contributed by atoms with van der Waals surface area (Å²) in [4.78, 5) is 27.3. The summed E-state index contributed by atoms with van der Waals surface area (Å²) in [5, 5.41) is 4.44. The Morgan fingerprint density at radius 2 is 1.96 bits per heavy atom. The lowest BCUT2D eigenvalue weighted by Crippen LogP contribution is -2.41. The van der Waals surface area contributed by atoms with Gasteiger partial charge in [-0.15, -0.1) is 0 Å². The molecule has 28 heavy (non-hydrogen) atoms. The summed E-state index contributed by atoms with van der Waals surface area (Å²) >= 11 is 0. The summed E-state index contributed by atoms with van der Waals surface area (Å²) in [7, 11) is 0. The Balaban J connectivity index is 1.60. The summed E-state index contributed by atoms with van der Waals surface area (Å²) in [6.07, 6.45) is 0.378. The zero-order chi connectivity index (χ0) is 19.8. The van der Waals surface area contributed by atoms with Crippen LogP contribution in [0.5, 0.6) is 0 Å². The van der Waals surface area contributed by atoms with Crippen LogP contribution in [0.25, 0.3) is 0 Å². The second-order valence-electron chi connectivity index (χ2n) is 7.49. The maximum absolute atomic E-state index is 13.0. The second-order valence-corrected chi connectivity index (χ2v) is 7.49. The number of hydrogen-bond acceptors (Lipinski definition) is 3. The molecule has 1 aromatic heterocycles. The first-order valence-electron chi connectivity index (χ1n) is 9.49. The summed E-state index contributed by atoms with van der Waals surface area (Å²) in [6, 6.07) is 7.19. The van der Waals surface area contributed by atoms with Gasteiger partial charge in [-0.1, -0.05) is 29.8 Å². The summed E-state index contributed by atoms with van der Waals surface area (Å²) in [6.45, 7) is 2.54. The van der Waals surface area contributed by atoms with Crippen LogP contribution in [0.2, 0.25) is 0 Å². The first-order chi connectivity index (χ1) is 13.4. The molecule has 1 amide bonds. The van der Waals surface area contributed by atoms with Gasteiger partial charge in [-0.3, -0.25) is 9.36 Å². The van der Waals surface area contributed by atoms with Crippen molar-refractivity contribution in [2.75, 3.05) is 13.1 Å². The van der Waals surface area contributed by atoms with E-state index < -0.39 is 12.1 Å². The van der Waals surface area contributed by atoms with Crippen LogP contribution >= 0.6 is 0 Å². The fraction of sp³-hybridized carbons (Fsp3) is 0.450. The van der Waals surface area contributed by atoms with Crippen molar-refractivity contribution in [1.82, 2.24) is 19.2 Å². The number of halogens is 2. The minimum atomic E-state index is -1.71. The maximum atomic E-state index is 13.0. The van der Waals surface area contributed by atoms with Crippen LogP contribution < -0.4 is 5.69 Å². The van der Waals surface area contributed by atoms with Crippen molar-refractivity contribution in [3.63, 3.8) is 0 Å². The Morgan fingerprint density at radius 3 is 2.64 bits per heavy atom. The van der Waals surface area contributed by atoms with Gasteiger partial charge in [0.05, 0.1) is 6.54 Å². The number of hydrogen-bond donors (Lipinski definition) is 0. The van der Waals surface area contributed by atoms with E-state index in [4.69, 9.17) is 0 Å². The molecule has 0 saturated carbocycles. The highest BCUT2D eigenvalue weighted by Crippen LogP contribution is 2.28. The third kappa shape index (κ3) is 3.39. The number of rotatable bonds is 3. The number of amides is 1. The minimum Gasteiger partial charge on any atom is -0.336 e. The molecule has 4 rings (SSSR count). The third-order valence-electron chi connectivity index (χ3n) is 5.51. The average Bonchev–Trinajstić information content (AvgIpc) is 3.29. The van der Waals surface area contributed by atoms with Crippen molar-refractivity contribution in [3.05, 3.63) is 63.4 Å². The van der Waals surface area contributed by atoms with Crippen molar-refractivity contribution < 1.29 is 13.6 Å². The molecule has 1 aromatic carbocycles.